The molecule has 2 amide bonds. The average Bonchev–Trinajstić information content (AvgIpc) is 3.57. The minimum Gasteiger partial charge on any atom is -0.489 e. The van der Waals surface area contributed by atoms with E-state index in [0.29, 0.717) is 18.6 Å². The molecule has 1 aliphatic rings. The third-order valence-corrected chi connectivity index (χ3v) is 5.89. The van der Waals surface area contributed by atoms with Crippen LogP contribution in [0.15, 0.2) is 40.8 Å². The van der Waals surface area contributed by atoms with Crippen molar-refractivity contribution in [3.63, 3.8) is 0 Å². The van der Waals surface area contributed by atoms with Gasteiger partial charge in [0.2, 0.25) is 5.89 Å². The van der Waals surface area contributed by atoms with Gasteiger partial charge in [0.1, 0.15) is 11.6 Å². The second-order valence-electron chi connectivity index (χ2n) is 8.97. The summed E-state index contributed by atoms with van der Waals surface area (Å²) in [5, 5.41) is 2.54. The zero-order chi connectivity index (χ0) is 28.3. The molecule has 0 saturated heterocycles. The molecule has 2 unspecified atom stereocenters. The van der Waals surface area contributed by atoms with E-state index in [-0.39, 0.29) is 40.0 Å². The van der Waals surface area contributed by atoms with E-state index in [1.54, 1.807) is 0 Å². The average molecular weight is 551 g/mol. The fourth-order valence-corrected chi connectivity index (χ4v) is 3.76. The summed E-state index contributed by atoms with van der Waals surface area (Å²) in [5.74, 6) is -2.63. The minimum absolute atomic E-state index is 0.0172. The number of aromatic nitrogens is 1. The van der Waals surface area contributed by atoms with Gasteiger partial charge >= 0.3 is 12.7 Å². The van der Waals surface area contributed by atoms with Gasteiger partial charge in [0, 0.05) is 17.2 Å². The lowest BCUT2D eigenvalue weighted by Gasteiger charge is -2.15. The third-order valence-electron chi connectivity index (χ3n) is 5.89. The molecule has 39 heavy (non-hydrogen) atoms. The molecular weight excluding hydrogens is 526 g/mol. The van der Waals surface area contributed by atoms with E-state index in [1.807, 2.05) is 0 Å². The Morgan fingerprint density at radius 2 is 1.87 bits per heavy atom. The highest BCUT2D eigenvalue weighted by Gasteiger charge is 2.29. The molecule has 2 atom stereocenters. The van der Waals surface area contributed by atoms with Gasteiger partial charge in [0.15, 0.2) is 29.1 Å². The number of oxazole rings is 1. The topological polar surface area (TPSA) is 126 Å². The Hall–Kier alpha value is -4.29. The summed E-state index contributed by atoms with van der Waals surface area (Å²) >= 11 is 0. The van der Waals surface area contributed by atoms with Crippen LogP contribution in [0, 0.1) is 17.6 Å². The molecule has 4 rings (SSSR count). The summed E-state index contributed by atoms with van der Waals surface area (Å²) in [5.41, 5.74) is 5.07. The number of amides is 2. The summed E-state index contributed by atoms with van der Waals surface area (Å²) in [6, 6.07) is 6.00. The molecule has 3 N–H and O–H groups in total. The van der Waals surface area contributed by atoms with Gasteiger partial charge in [-0.2, -0.15) is 8.78 Å². The molecule has 0 bridgehead atoms. The van der Waals surface area contributed by atoms with E-state index in [1.165, 1.54) is 38.1 Å². The van der Waals surface area contributed by atoms with Crippen molar-refractivity contribution >= 4 is 12.0 Å². The van der Waals surface area contributed by atoms with Gasteiger partial charge in [-0.15, -0.1) is 0 Å². The molecular formula is C26H25F4N3O6. The van der Waals surface area contributed by atoms with E-state index in [2.05, 4.69) is 15.0 Å². The second kappa shape index (κ2) is 11.6. The Bertz CT molecular complexity index is 1360. The van der Waals surface area contributed by atoms with Crippen LogP contribution < -0.4 is 20.5 Å². The highest BCUT2D eigenvalue weighted by atomic mass is 19.3. The van der Waals surface area contributed by atoms with Crippen LogP contribution >= 0.6 is 0 Å². The molecule has 0 spiro atoms. The van der Waals surface area contributed by atoms with Gasteiger partial charge in [-0.25, -0.2) is 18.6 Å². The van der Waals surface area contributed by atoms with Crippen molar-refractivity contribution in [2.24, 2.45) is 11.7 Å². The number of carbonyl (C=O) groups excluding carboxylic acids is 2. The predicted octanol–water partition coefficient (Wildman–Crippen LogP) is 5.66. The van der Waals surface area contributed by atoms with Gasteiger partial charge in [-0.3, -0.25) is 4.79 Å². The van der Waals surface area contributed by atoms with Crippen molar-refractivity contribution in [1.29, 1.82) is 0 Å². The maximum Gasteiger partial charge on any atom is 0.405 e. The monoisotopic (exact) mass is 551 g/mol. The molecule has 13 heteroatoms. The SMILES string of the molecule is CC(NC(=O)c1nc(-c2ccc(OC(F)F)c(OCC3CC3)c2)oc1C(C)OC(N)=O)c1ccc(F)cc1F. The largest absolute Gasteiger partial charge is 0.489 e. The van der Waals surface area contributed by atoms with Crippen molar-refractivity contribution in [1.82, 2.24) is 10.3 Å². The maximum atomic E-state index is 14.2. The number of nitrogens with zero attached hydrogens (tertiary/aromatic N) is 1. The van der Waals surface area contributed by atoms with E-state index in [9.17, 15) is 27.2 Å². The first kappa shape index (κ1) is 27.7. The Labute approximate surface area is 220 Å². The van der Waals surface area contributed by atoms with Crippen LogP contribution in [-0.4, -0.2) is 30.2 Å². The molecule has 1 aliphatic carbocycles. The van der Waals surface area contributed by atoms with Crippen molar-refractivity contribution in [2.45, 2.75) is 45.4 Å². The number of nitrogens with one attached hydrogen (secondary N) is 1. The van der Waals surface area contributed by atoms with E-state index >= 15 is 0 Å². The molecule has 1 fully saturated rings. The highest BCUT2D eigenvalue weighted by Crippen LogP contribution is 2.37. The molecule has 208 valence electrons. The number of hydrogen-bond donors (Lipinski definition) is 2. The van der Waals surface area contributed by atoms with Crippen molar-refractivity contribution in [3.8, 4) is 23.0 Å². The third kappa shape index (κ3) is 6.98. The van der Waals surface area contributed by atoms with Crippen molar-refractivity contribution in [3.05, 3.63) is 65.1 Å². The summed E-state index contributed by atoms with van der Waals surface area (Å²) in [4.78, 5) is 28.7. The van der Waals surface area contributed by atoms with Crippen LogP contribution in [0.25, 0.3) is 11.5 Å². The number of halogens is 4. The number of benzene rings is 2. The van der Waals surface area contributed by atoms with Gasteiger partial charge in [0.25, 0.3) is 5.91 Å². The first-order chi connectivity index (χ1) is 18.5. The van der Waals surface area contributed by atoms with Gasteiger partial charge in [-0.1, -0.05) is 6.07 Å². The number of rotatable bonds is 11. The lowest BCUT2D eigenvalue weighted by atomic mass is 10.1. The Balaban J connectivity index is 1.66. The summed E-state index contributed by atoms with van der Waals surface area (Å²) in [7, 11) is 0. The van der Waals surface area contributed by atoms with Crippen LogP contribution in [0.4, 0.5) is 22.4 Å². The number of carbonyl (C=O) groups is 2. The van der Waals surface area contributed by atoms with Gasteiger partial charge < -0.3 is 29.7 Å². The zero-order valence-electron chi connectivity index (χ0n) is 20.9. The molecule has 9 nitrogen and oxygen atoms in total. The summed E-state index contributed by atoms with van der Waals surface area (Å²) < 4.78 is 74.2. The number of hydrogen-bond acceptors (Lipinski definition) is 7. The molecule has 3 aromatic rings. The predicted molar refractivity (Wildman–Crippen MR) is 128 cm³/mol. The molecule has 0 aliphatic heterocycles. The normalized spacial score (nSPS) is 14.5. The molecule has 1 saturated carbocycles. The smallest absolute Gasteiger partial charge is 0.405 e. The van der Waals surface area contributed by atoms with Gasteiger partial charge in [-0.05, 0) is 56.9 Å². The Morgan fingerprint density at radius 1 is 1.13 bits per heavy atom. The summed E-state index contributed by atoms with van der Waals surface area (Å²) in [6.45, 7) is 0.0826. The van der Waals surface area contributed by atoms with Crippen molar-refractivity contribution in [2.75, 3.05) is 6.61 Å². The Kier molecular flexibility index (Phi) is 8.27. The maximum absolute atomic E-state index is 14.2. The number of ether oxygens (including phenoxy) is 3. The van der Waals surface area contributed by atoms with E-state index in [4.69, 9.17) is 19.6 Å². The first-order valence-corrected chi connectivity index (χ1v) is 12.0. The molecule has 2 aromatic carbocycles. The van der Waals surface area contributed by atoms with Crippen LogP contribution in [0.3, 0.4) is 0 Å². The van der Waals surface area contributed by atoms with Gasteiger partial charge in [0.05, 0.1) is 12.6 Å². The van der Waals surface area contributed by atoms with Crippen LogP contribution in [-0.2, 0) is 4.74 Å². The standard InChI is InChI=1S/C26H25F4N3O6/c1-12(17-7-6-16(27)10-18(17)28)32-23(34)21-22(13(2)37-26(31)35)39-24(33-21)15-5-8-19(38-25(29)30)20(9-15)36-11-14-3-4-14/h5-10,12-14,25H,3-4,11H2,1-2H3,(H2,31,35)(H,32,34). The first-order valence-electron chi connectivity index (χ1n) is 12.0. The van der Waals surface area contributed by atoms with E-state index < -0.39 is 42.4 Å². The number of nitrogens with two attached hydrogens (primary N) is 1. The van der Waals surface area contributed by atoms with Crippen molar-refractivity contribution < 1.29 is 45.8 Å². The lowest BCUT2D eigenvalue weighted by molar-refractivity contribution is -0.0515. The second-order valence-corrected chi connectivity index (χ2v) is 8.97. The fourth-order valence-electron chi connectivity index (χ4n) is 3.76. The number of primary amides is 1. The zero-order valence-corrected chi connectivity index (χ0v) is 20.9. The Morgan fingerprint density at radius 3 is 2.51 bits per heavy atom. The van der Waals surface area contributed by atoms with Crippen LogP contribution in [0.2, 0.25) is 0 Å². The fraction of sp³-hybridized carbons (Fsp3) is 0.346. The highest BCUT2D eigenvalue weighted by molar-refractivity contribution is 5.94. The lowest BCUT2D eigenvalue weighted by Crippen LogP contribution is -2.29. The van der Waals surface area contributed by atoms with Crippen LogP contribution in [0.1, 0.15) is 60.6 Å². The minimum atomic E-state index is -3.08. The van der Waals surface area contributed by atoms with Crippen LogP contribution in [0.5, 0.6) is 11.5 Å². The molecule has 0 radical (unpaired) electrons. The quantitative estimate of drug-likeness (QED) is 0.295. The number of alkyl halides is 2. The summed E-state index contributed by atoms with van der Waals surface area (Å²) in [6.07, 6.45) is -0.374. The molecule has 1 aromatic heterocycles. The van der Waals surface area contributed by atoms with E-state index in [0.717, 1.165) is 18.9 Å². The molecule has 1 heterocycles.